The van der Waals surface area contributed by atoms with Crippen LogP contribution in [0.15, 0.2) is 41.0 Å². The second-order valence-electron chi connectivity index (χ2n) is 4.40. The molecule has 18 heavy (non-hydrogen) atoms. The number of nitrogens with zero attached hydrogens (tertiary/aromatic N) is 2. The van der Waals surface area contributed by atoms with E-state index in [0.717, 1.165) is 34.2 Å². The van der Waals surface area contributed by atoms with Crippen molar-refractivity contribution in [3.63, 3.8) is 0 Å². The van der Waals surface area contributed by atoms with E-state index >= 15 is 0 Å². The van der Waals surface area contributed by atoms with Crippen LogP contribution in [-0.4, -0.2) is 9.97 Å². The van der Waals surface area contributed by atoms with Gasteiger partial charge in [-0.3, -0.25) is 0 Å². The number of benzene rings is 2. The number of aromatic nitrogens is 2. The zero-order valence-electron chi connectivity index (χ0n) is 10.2. The van der Waals surface area contributed by atoms with Crippen molar-refractivity contribution in [3.05, 3.63) is 46.8 Å². The molecule has 1 heterocycles. The molecule has 0 fully saturated rings. The fourth-order valence-electron chi connectivity index (χ4n) is 2.16. The second kappa shape index (κ2) is 4.65. The summed E-state index contributed by atoms with van der Waals surface area (Å²) < 4.78 is 0.890. The molecule has 90 valence electrons. The molecule has 2 aromatic carbocycles. The molecule has 3 rings (SSSR count). The molecule has 0 radical (unpaired) electrons. The van der Waals surface area contributed by atoms with E-state index in [1.54, 1.807) is 0 Å². The predicted octanol–water partition coefficient (Wildman–Crippen LogP) is 4.50. The highest BCUT2D eigenvalue weighted by Gasteiger charge is 2.06. The maximum atomic E-state index is 4.63. The summed E-state index contributed by atoms with van der Waals surface area (Å²) in [6, 6.07) is 12.6. The topological polar surface area (TPSA) is 25.8 Å². The van der Waals surface area contributed by atoms with Crippen molar-refractivity contribution in [3.8, 4) is 0 Å². The van der Waals surface area contributed by atoms with Gasteiger partial charge in [0.15, 0.2) is 0 Å². The van der Waals surface area contributed by atoms with Crippen molar-refractivity contribution in [1.82, 2.24) is 9.97 Å². The minimum absolute atomic E-state index is 0.890. The van der Waals surface area contributed by atoms with Crippen LogP contribution in [0.5, 0.6) is 0 Å². The summed E-state index contributed by atoms with van der Waals surface area (Å²) >= 11 is 3.55. The van der Waals surface area contributed by atoms with Gasteiger partial charge >= 0.3 is 0 Å². The number of rotatable bonds is 2. The molecule has 0 atom stereocenters. The van der Waals surface area contributed by atoms with E-state index in [4.69, 9.17) is 0 Å². The maximum Gasteiger partial charge on any atom is 0.130 e. The minimum Gasteiger partial charge on any atom is -0.233 e. The smallest absolute Gasteiger partial charge is 0.130 e. The quantitative estimate of drug-likeness (QED) is 0.514. The van der Waals surface area contributed by atoms with Crippen LogP contribution in [0.2, 0.25) is 0 Å². The Bertz CT molecular complexity index is 722. The van der Waals surface area contributed by atoms with Crippen molar-refractivity contribution in [2.24, 2.45) is 0 Å². The van der Waals surface area contributed by atoms with Gasteiger partial charge in [0.25, 0.3) is 0 Å². The molecule has 3 aromatic rings. The molecule has 0 bridgehead atoms. The Hall–Kier alpha value is -1.48. The molecular weight excluding hydrogens is 288 g/mol. The molecule has 0 aliphatic carbocycles. The van der Waals surface area contributed by atoms with E-state index in [2.05, 4.69) is 63.2 Å². The highest BCUT2D eigenvalue weighted by Crippen LogP contribution is 2.26. The van der Waals surface area contributed by atoms with Crippen molar-refractivity contribution in [2.45, 2.75) is 19.8 Å². The first kappa shape index (κ1) is 11.6. The number of halogens is 1. The largest absolute Gasteiger partial charge is 0.233 e. The van der Waals surface area contributed by atoms with Crippen LogP contribution in [0.1, 0.15) is 19.2 Å². The van der Waals surface area contributed by atoms with Gasteiger partial charge in [-0.15, -0.1) is 0 Å². The molecule has 0 aliphatic heterocycles. The molecule has 0 N–H and O–H groups in total. The number of aryl methyl sites for hydroxylation is 1. The van der Waals surface area contributed by atoms with E-state index in [1.807, 2.05) is 6.07 Å². The predicted molar refractivity (Wildman–Crippen MR) is 78.7 cm³/mol. The normalized spacial score (nSPS) is 11.2. The lowest BCUT2D eigenvalue weighted by Crippen LogP contribution is -1.96. The summed E-state index contributed by atoms with van der Waals surface area (Å²) in [5.41, 5.74) is 1.01. The third kappa shape index (κ3) is 1.99. The fourth-order valence-corrected chi connectivity index (χ4v) is 2.68. The molecule has 0 unspecified atom stereocenters. The third-order valence-electron chi connectivity index (χ3n) is 3.04. The van der Waals surface area contributed by atoms with E-state index < -0.39 is 0 Å². The number of fused-ring (bicyclic) bond motifs is 2. The third-order valence-corrected chi connectivity index (χ3v) is 3.64. The van der Waals surface area contributed by atoms with Gasteiger partial charge < -0.3 is 0 Å². The second-order valence-corrected chi connectivity index (χ2v) is 5.15. The first-order valence-electron chi connectivity index (χ1n) is 6.13. The highest BCUT2D eigenvalue weighted by atomic mass is 79.9. The summed E-state index contributed by atoms with van der Waals surface area (Å²) in [6.07, 6.45) is 1.98. The number of hydrogen-bond acceptors (Lipinski definition) is 2. The minimum atomic E-state index is 0.890. The summed E-state index contributed by atoms with van der Waals surface area (Å²) in [5, 5.41) is 3.52. The summed E-state index contributed by atoms with van der Waals surface area (Å²) in [6.45, 7) is 2.14. The molecule has 3 heteroatoms. The van der Waals surface area contributed by atoms with Crippen LogP contribution in [-0.2, 0) is 6.42 Å². The Kier molecular flexibility index (Phi) is 3.00. The monoisotopic (exact) mass is 300 g/mol. The van der Waals surface area contributed by atoms with Crippen LogP contribution >= 0.6 is 15.9 Å². The molecule has 0 aliphatic rings. The van der Waals surface area contributed by atoms with E-state index in [1.165, 1.54) is 10.8 Å². The van der Waals surface area contributed by atoms with Gasteiger partial charge in [-0.05, 0) is 45.3 Å². The van der Waals surface area contributed by atoms with Gasteiger partial charge in [-0.1, -0.05) is 31.2 Å². The highest BCUT2D eigenvalue weighted by molar-refractivity contribution is 9.10. The van der Waals surface area contributed by atoms with Crippen LogP contribution < -0.4 is 0 Å². The maximum absolute atomic E-state index is 4.63. The lowest BCUT2D eigenvalue weighted by molar-refractivity contribution is 0.840. The van der Waals surface area contributed by atoms with Crippen molar-refractivity contribution in [1.29, 1.82) is 0 Å². The Morgan fingerprint density at radius 1 is 1.06 bits per heavy atom. The Morgan fingerprint density at radius 3 is 2.50 bits per heavy atom. The van der Waals surface area contributed by atoms with Crippen LogP contribution in [0.25, 0.3) is 21.7 Å². The van der Waals surface area contributed by atoms with Gasteiger partial charge in [-0.2, -0.15) is 0 Å². The van der Waals surface area contributed by atoms with Crippen LogP contribution in [0.3, 0.4) is 0 Å². The molecule has 1 aromatic heterocycles. The first-order valence-corrected chi connectivity index (χ1v) is 6.92. The molecule has 2 nitrogen and oxygen atoms in total. The lowest BCUT2D eigenvalue weighted by atomic mass is 10.1. The molecule has 0 amide bonds. The van der Waals surface area contributed by atoms with Crippen molar-refractivity contribution < 1.29 is 0 Å². The Morgan fingerprint density at radius 2 is 1.78 bits per heavy atom. The lowest BCUT2D eigenvalue weighted by Gasteiger charge is -2.05. The first-order chi connectivity index (χ1) is 8.78. The van der Waals surface area contributed by atoms with Crippen molar-refractivity contribution >= 4 is 37.6 Å². The molecule has 0 spiro atoms. The average molecular weight is 301 g/mol. The van der Waals surface area contributed by atoms with Gasteiger partial charge in [0.2, 0.25) is 0 Å². The van der Waals surface area contributed by atoms with E-state index in [-0.39, 0.29) is 0 Å². The van der Waals surface area contributed by atoms with Gasteiger partial charge in [0.05, 0.1) is 5.52 Å². The Labute approximate surface area is 114 Å². The SMILES string of the molecule is CCCc1nc(Br)c2cc3ccccc3cc2n1. The van der Waals surface area contributed by atoms with E-state index in [0.29, 0.717) is 0 Å². The molecular formula is C15H13BrN2. The van der Waals surface area contributed by atoms with Crippen LogP contribution in [0.4, 0.5) is 0 Å². The summed E-state index contributed by atoms with van der Waals surface area (Å²) in [4.78, 5) is 9.14. The zero-order chi connectivity index (χ0) is 12.5. The van der Waals surface area contributed by atoms with Gasteiger partial charge in [-0.25, -0.2) is 9.97 Å². The average Bonchev–Trinajstić information content (AvgIpc) is 2.37. The summed E-state index contributed by atoms with van der Waals surface area (Å²) in [7, 11) is 0. The number of hydrogen-bond donors (Lipinski definition) is 0. The van der Waals surface area contributed by atoms with Crippen molar-refractivity contribution in [2.75, 3.05) is 0 Å². The summed E-state index contributed by atoms with van der Waals surface area (Å²) in [5.74, 6) is 0.909. The zero-order valence-corrected chi connectivity index (χ0v) is 11.7. The van der Waals surface area contributed by atoms with Gasteiger partial charge in [0, 0.05) is 11.8 Å². The Balaban J connectivity index is 2.32. The fraction of sp³-hybridized carbons (Fsp3) is 0.200. The van der Waals surface area contributed by atoms with E-state index in [9.17, 15) is 0 Å². The van der Waals surface area contributed by atoms with Crippen LogP contribution in [0, 0.1) is 0 Å². The molecule has 0 saturated heterocycles. The standard InChI is InChI=1S/C15H13BrN2/c1-2-5-14-17-13-9-11-7-4-3-6-10(11)8-12(13)15(16)18-14/h3-4,6-9H,2,5H2,1H3. The van der Waals surface area contributed by atoms with Gasteiger partial charge in [0.1, 0.15) is 10.4 Å². The molecule has 0 saturated carbocycles.